The molecule has 0 unspecified atom stereocenters. The Hall–Kier alpha value is -0.0400. The highest BCUT2D eigenvalue weighted by Crippen LogP contribution is 2.68. The van der Waals surface area contributed by atoms with E-state index in [2.05, 4.69) is 34.6 Å². The van der Waals surface area contributed by atoms with Crippen LogP contribution in [0.5, 0.6) is 0 Å². The summed E-state index contributed by atoms with van der Waals surface area (Å²) in [6.45, 7) is 12.6. The van der Waals surface area contributed by atoms with Gasteiger partial charge in [0, 0.05) is 0 Å². The Morgan fingerprint density at radius 1 is 0.857 bits per heavy atom. The van der Waals surface area contributed by atoms with Crippen LogP contribution in [0.1, 0.15) is 112 Å². The van der Waals surface area contributed by atoms with Crippen LogP contribution in [0.25, 0.3) is 0 Å². The van der Waals surface area contributed by atoms with Crippen LogP contribution < -0.4 is 0 Å². The number of fused-ring (bicyclic) bond motifs is 5. The van der Waals surface area contributed by atoms with Crippen LogP contribution in [0.4, 0.5) is 0 Å². The van der Waals surface area contributed by atoms with Gasteiger partial charge in [0.2, 0.25) is 0 Å². The van der Waals surface area contributed by atoms with Crippen LogP contribution >= 0.6 is 0 Å². The summed E-state index contributed by atoms with van der Waals surface area (Å²) in [5.41, 5.74) is 1.03. The van der Waals surface area contributed by atoms with Crippen molar-refractivity contribution in [1.82, 2.24) is 0 Å². The third-order valence-electron chi connectivity index (χ3n) is 10.8. The number of aliphatic hydroxyl groups is 1. The average Bonchev–Trinajstić information content (AvgIpc) is 2.99. The van der Waals surface area contributed by atoms with Crippen molar-refractivity contribution in [2.75, 3.05) is 0 Å². The molecule has 0 aliphatic heterocycles. The highest BCUT2D eigenvalue weighted by Gasteiger charge is 2.62. The zero-order valence-electron chi connectivity index (χ0n) is 19.6. The van der Waals surface area contributed by atoms with Crippen molar-refractivity contribution in [2.24, 2.45) is 52.3 Å². The molecule has 4 aliphatic rings. The van der Waals surface area contributed by atoms with E-state index in [4.69, 9.17) is 0 Å². The minimum absolute atomic E-state index is 0.0132. The fourth-order valence-electron chi connectivity index (χ4n) is 9.28. The summed E-state index contributed by atoms with van der Waals surface area (Å²) >= 11 is 0. The van der Waals surface area contributed by atoms with Gasteiger partial charge in [-0.05, 0) is 97.2 Å². The monoisotopic (exact) mass is 388 g/mol. The Morgan fingerprint density at radius 2 is 1.61 bits per heavy atom. The normalized spacial score (nSPS) is 49.4. The van der Waals surface area contributed by atoms with Crippen LogP contribution in [0, 0.1) is 52.3 Å². The molecule has 0 aromatic rings. The Bertz CT molecular complexity index is 540. The minimum atomic E-state index is -0.0132. The summed E-state index contributed by atoms with van der Waals surface area (Å²) in [6, 6.07) is 0. The largest absolute Gasteiger partial charge is 0.393 e. The molecule has 162 valence electrons. The lowest BCUT2D eigenvalue weighted by atomic mass is 9.44. The lowest BCUT2D eigenvalue weighted by Gasteiger charge is -2.62. The molecule has 4 aliphatic carbocycles. The molecule has 1 N–H and O–H groups in total. The molecule has 0 amide bonds. The van der Waals surface area contributed by atoms with Gasteiger partial charge in [0.15, 0.2) is 0 Å². The SMILES string of the molecule is CC(C)CCC[C@@H](C)[C@@H]1CC[C@@H]2[C@H]3[C@H](O)C[C@H]4CCCC[C@]4(C)[C@H]3CC[C@@]21C. The maximum absolute atomic E-state index is 11.3. The van der Waals surface area contributed by atoms with Crippen LogP contribution in [0.2, 0.25) is 0 Å². The van der Waals surface area contributed by atoms with Crippen molar-refractivity contribution < 1.29 is 5.11 Å². The number of hydrogen-bond acceptors (Lipinski definition) is 1. The van der Waals surface area contributed by atoms with Gasteiger partial charge in [0.05, 0.1) is 6.10 Å². The molecule has 4 rings (SSSR count). The van der Waals surface area contributed by atoms with Gasteiger partial charge in [0.1, 0.15) is 0 Å². The standard InChI is InChI=1S/C27H48O/c1-18(2)9-8-10-19(3)21-12-13-22-25-23(14-16-27(21,22)5)26(4)15-7-6-11-20(26)17-24(25)28/h18-25,28H,6-17H2,1-5H3/t19-,20-,21+,22-,23+,24-,25-,26+,27-/m1/s1. The highest BCUT2D eigenvalue weighted by atomic mass is 16.3. The fourth-order valence-corrected chi connectivity index (χ4v) is 9.28. The molecular weight excluding hydrogens is 340 g/mol. The minimum Gasteiger partial charge on any atom is -0.393 e. The summed E-state index contributed by atoms with van der Waals surface area (Å²) in [5.74, 6) is 5.60. The van der Waals surface area contributed by atoms with Gasteiger partial charge in [-0.15, -0.1) is 0 Å². The molecule has 0 aromatic carbocycles. The van der Waals surface area contributed by atoms with Gasteiger partial charge in [-0.25, -0.2) is 0 Å². The first-order valence-corrected chi connectivity index (χ1v) is 13.0. The van der Waals surface area contributed by atoms with E-state index in [1.807, 2.05) is 0 Å². The second kappa shape index (κ2) is 7.90. The lowest BCUT2D eigenvalue weighted by Crippen LogP contribution is -2.57. The summed E-state index contributed by atoms with van der Waals surface area (Å²) in [6.07, 6.45) is 16.6. The van der Waals surface area contributed by atoms with E-state index in [1.54, 1.807) is 0 Å². The van der Waals surface area contributed by atoms with Crippen LogP contribution in [0.15, 0.2) is 0 Å². The van der Waals surface area contributed by atoms with E-state index in [1.165, 1.54) is 70.6 Å². The third-order valence-corrected chi connectivity index (χ3v) is 10.8. The molecule has 0 bridgehead atoms. The van der Waals surface area contributed by atoms with E-state index in [9.17, 15) is 5.11 Å². The van der Waals surface area contributed by atoms with E-state index in [0.29, 0.717) is 16.7 Å². The Labute approximate surface area is 175 Å². The molecule has 4 fully saturated rings. The number of aliphatic hydroxyl groups excluding tert-OH is 1. The van der Waals surface area contributed by atoms with E-state index >= 15 is 0 Å². The van der Waals surface area contributed by atoms with E-state index in [-0.39, 0.29) is 6.10 Å². The second-order valence-corrected chi connectivity index (χ2v) is 12.6. The molecular formula is C27H48O. The summed E-state index contributed by atoms with van der Waals surface area (Å²) in [4.78, 5) is 0. The van der Waals surface area contributed by atoms with Gasteiger partial charge in [-0.3, -0.25) is 0 Å². The lowest BCUT2D eigenvalue weighted by molar-refractivity contribution is -0.164. The molecule has 28 heavy (non-hydrogen) atoms. The van der Waals surface area contributed by atoms with E-state index < -0.39 is 0 Å². The molecule has 1 nitrogen and oxygen atoms in total. The molecule has 0 radical (unpaired) electrons. The molecule has 0 aromatic heterocycles. The number of hydrogen-bond donors (Lipinski definition) is 1. The second-order valence-electron chi connectivity index (χ2n) is 12.6. The summed E-state index contributed by atoms with van der Waals surface area (Å²) in [7, 11) is 0. The van der Waals surface area contributed by atoms with Crippen molar-refractivity contribution in [3.8, 4) is 0 Å². The maximum atomic E-state index is 11.3. The first-order chi connectivity index (χ1) is 13.3. The zero-order chi connectivity index (χ0) is 20.1. The van der Waals surface area contributed by atoms with Crippen LogP contribution in [-0.4, -0.2) is 11.2 Å². The highest BCUT2D eigenvalue weighted by molar-refractivity contribution is 5.11. The first-order valence-electron chi connectivity index (χ1n) is 13.0. The summed E-state index contributed by atoms with van der Waals surface area (Å²) < 4.78 is 0. The quantitative estimate of drug-likeness (QED) is 0.518. The Kier molecular flexibility index (Phi) is 5.98. The van der Waals surface area contributed by atoms with Gasteiger partial charge < -0.3 is 5.11 Å². The Balaban J connectivity index is 1.50. The van der Waals surface area contributed by atoms with E-state index in [0.717, 1.165) is 41.9 Å². The van der Waals surface area contributed by atoms with Crippen molar-refractivity contribution in [3.05, 3.63) is 0 Å². The molecule has 0 heterocycles. The van der Waals surface area contributed by atoms with Gasteiger partial charge in [-0.2, -0.15) is 0 Å². The smallest absolute Gasteiger partial charge is 0.0577 e. The van der Waals surface area contributed by atoms with Crippen molar-refractivity contribution >= 4 is 0 Å². The van der Waals surface area contributed by atoms with Crippen LogP contribution in [-0.2, 0) is 0 Å². The molecule has 1 heteroatoms. The molecule has 0 spiro atoms. The third kappa shape index (κ3) is 3.40. The first kappa shape index (κ1) is 21.2. The molecule has 0 saturated heterocycles. The topological polar surface area (TPSA) is 20.2 Å². The van der Waals surface area contributed by atoms with Crippen molar-refractivity contribution in [3.63, 3.8) is 0 Å². The predicted octanol–water partition coefficient (Wildman–Crippen LogP) is 7.47. The van der Waals surface area contributed by atoms with Gasteiger partial charge >= 0.3 is 0 Å². The van der Waals surface area contributed by atoms with Gasteiger partial charge in [-0.1, -0.05) is 66.7 Å². The van der Waals surface area contributed by atoms with Crippen molar-refractivity contribution in [1.29, 1.82) is 0 Å². The number of rotatable bonds is 5. The van der Waals surface area contributed by atoms with Crippen LogP contribution in [0.3, 0.4) is 0 Å². The average molecular weight is 389 g/mol. The Morgan fingerprint density at radius 3 is 2.36 bits per heavy atom. The van der Waals surface area contributed by atoms with Crippen molar-refractivity contribution in [2.45, 2.75) is 118 Å². The fraction of sp³-hybridized carbons (Fsp3) is 1.00. The molecule has 9 atom stereocenters. The van der Waals surface area contributed by atoms with Gasteiger partial charge in [0.25, 0.3) is 0 Å². The predicted molar refractivity (Wildman–Crippen MR) is 119 cm³/mol. The summed E-state index contributed by atoms with van der Waals surface area (Å²) in [5, 5.41) is 11.3. The zero-order valence-corrected chi connectivity index (χ0v) is 19.6. The molecule has 4 saturated carbocycles. The maximum Gasteiger partial charge on any atom is 0.0577 e.